The van der Waals surface area contributed by atoms with E-state index in [4.69, 9.17) is 4.74 Å². The molecule has 2 N–H and O–H groups in total. The summed E-state index contributed by atoms with van der Waals surface area (Å²) in [5.41, 5.74) is 2.06. The Morgan fingerprint density at radius 1 is 1.27 bits per heavy atom. The quantitative estimate of drug-likeness (QED) is 0.689. The number of amides is 1. The van der Waals surface area contributed by atoms with E-state index in [9.17, 15) is 4.79 Å². The molecule has 0 unspecified atom stereocenters. The number of nitrogens with one attached hydrogen (secondary N) is 2. The Morgan fingerprint density at radius 2 is 2.17 bits per heavy atom. The van der Waals surface area contributed by atoms with E-state index in [1.165, 1.54) is 0 Å². The molecule has 3 saturated heterocycles. The number of rotatable bonds is 5. The van der Waals surface area contributed by atoms with Crippen LogP contribution in [0.2, 0.25) is 0 Å². The van der Waals surface area contributed by atoms with Crippen LogP contribution in [0.4, 0.5) is 5.82 Å². The highest BCUT2D eigenvalue weighted by molar-refractivity contribution is 5.88. The first-order chi connectivity index (χ1) is 14.7. The van der Waals surface area contributed by atoms with E-state index < -0.39 is 0 Å². The first-order valence-electron chi connectivity index (χ1n) is 10.9. The molecule has 3 aliphatic heterocycles. The summed E-state index contributed by atoms with van der Waals surface area (Å²) in [6.07, 6.45) is 6.68. The molecular formula is C24H26N4O2. The Hall–Kier alpha value is -2.86. The van der Waals surface area contributed by atoms with Gasteiger partial charge in [0.05, 0.1) is 18.1 Å². The zero-order valence-electron chi connectivity index (χ0n) is 16.9. The van der Waals surface area contributed by atoms with Gasteiger partial charge in [0.15, 0.2) is 0 Å². The van der Waals surface area contributed by atoms with Crippen molar-refractivity contribution >= 4 is 22.6 Å². The molecule has 6 rings (SSSR count). The van der Waals surface area contributed by atoms with Gasteiger partial charge in [-0.05, 0) is 36.6 Å². The second-order valence-electron chi connectivity index (χ2n) is 8.94. The van der Waals surface area contributed by atoms with Gasteiger partial charge in [0, 0.05) is 54.8 Å². The lowest BCUT2D eigenvalue weighted by Crippen LogP contribution is -2.42. The summed E-state index contributed by atoms with van der Waals surface area (Å²) in [6, 6.07) is 14.2. The van der Waals surface area contributed by atoms with Gasteiger partial charge < -0.3 is 19.9 Å². The van der Waals surface area contributed by atoms with Crippen molar-refractivity contribution in [3.63, 3.8) is 0 Å². The molecule has 1 spiro atoms. The lowest BCUT2D eigenvalue weighted by atomic mass is 9.73. The molecule has 2 aromatic heterocycles. The van der Waals surface area contributed by atoms with Gasteiger partial charge in [0.25, 0.3) is 0 Å². The number of aromatic amines is 1. The smallest absolute Gasteiger partial charge is 0.224 e. The standard InChI is InChI=1S/C24H26N4O2/c29-23(11-16-12-26-20-6-2-1-5-17(16)20)27-13-18-19-14-28(22-7-3-4-10-25-22)15-24(19)9-8-21(18)30-24/h1-7,10,12,18-19,21,26H,8-9,11,13-15H2,(H,27,29)/t18-,19+,21+,24+/m0/s1. The fourth-order valence-electron chi connectivity index (χ4n) is 5.92. The van der Waals surface area contributed by atoms with Gasteiger partial charge in [-0.3, -0.25) is 4.79 Å². The zero-order chi connectivity index (χ0) is 20.1. The molecule has 2 bridgehead atoms. The number of ether oxygens (including phenoxy) is 1. The highest BCUT2D eigenvalue weighted by Gasteiger charge is 2.63. The largest absolute Gasteiger partial charge is 0.369 e. The predicted octanol–water partition coefficient (Wildman–Crippen LogP) is 2.91. The highest BCUT2D eigenvalue weighted by Crippen LogP contribution is 2.55. The van der Waals surface area contributed by atoms with Crippen LogP contribution in [-0.2, 0) is 16.0 Å². The van der Waals surface area contributed by atoms with Crippen LogP contribution in [0.3, 0.4) is 0 Å². The van der Waals surface area contributed by atoms with E-state index in [0.717, 1.165) is 48.2 Å². The lowest BCUT2D eigenvalue weighted by Gasteiger charge is -2.29. The maximum Gasteiger partial charge on any atom is 0.224 e. The molecule has 0 aliphatic carbocycles. The molecule has 6 heteroatoms. The average Bonchev–Trinajstić information content (AvgIpc) is 3.53. The maximum absolute atomic E-state index is 12.7. The van der Waals surface area contributed by atoms with Crippen LogP contribution in [0.1, 0.15) is 18.4 Å². The van der Waals surface area contributed by atoms with Crippen LogP contribution in [0, 0.1) is 11.8 Å². The van der Waals surface area contributed by atoms with Crippen molar-refractivity contribution in [1.29, 1.82) is 0 Å². The maximum atomic E-state index is 12.7. The summed E-state index contributed by atoms with van der Waals surface area (Å²) in [7, 11) is 0. The summed E-state index contributed by atoms with van der Waals surface area (Å²) >= 11 is 0. The molecule has 4 atom stereocenters. The molecule has 154 valence electrons. The van der Waals surface area contributed by atoms with Gasteiger partial charge in [0.2, 0.25) is 5.91 Å². The molecule has 6 nitrogen and oxygen atoms in total. The Morgan fingerprint density at radius 3 is 3.07 bits per heavy atom. The summed E-state index contributed by atoms with van der Waals surface area (Å²) in [4.78, 5) is 22.8. The van der Waals surface area contributed by atoms with Gasteiger partial charge in [-0.2, -0.15) is 0 Å². The minimum atomic E-state index is -0.0611. The molecule has 3 aromatic rings. The first-order valence-corrected chi connectivity index (χ1v) is 10.9. The minimum Gasteiger partial charge on any atom is -0.369 e. The fraction of sp³-hybridized carbons (Fsp3) is 0.417. The van der Waals surface area contributed by atoms with Gasteiger partial charge >= 0.3 is 0 Å². The number of para-hydroxylation sites is 1. The van der Waals surface area contributed by atoms with E-state index in [1.54, 1.807) is 0 Å². The van der Waals surface area contributed by atoms with Crippen LogP contribution >= 0.6 is 0 Å². The monoisotopic (exact) mass is 402 g/mol. The molecule has 1 amide bonds. The van der Waals surface area contributed by atoms with Gasteiger partial charge in [-0.1, -0.05) is 24.3 Å². The number of aromatic nitrogens is 2. The van der Waals surface area contributed by atoms with Crippen LogP contribution < -0.4 is 10.2 Å². The molecule has 0 radical (unpaired) electrons. The van der Waals surface area contributed by atoms with Crippen molar-refractivity contribution in [2.45, 2.75) is 31.0 Å². The Balaban J connectivity index is 1.13. The SMILES string of the molecule is O=C(Cc1c[nH]c2ccccc12)NC[C@H]1[C@H]2CN(c3ccccn3)C[C@]23CC[C@H]1O3. The molecule has 30 heavy (non-hydrogen) atoms. The predicted molar refractivity (Wildman–Crippen MR) is 115 cm³/mol. The van der Waals surface area contributed by atoms with Crippen molar-refractivity contribution in [2.24, 2.45) is 11.8 Å². The summed E-state index contributed by atoms with van der Waals surface area (Å²) in [6.45, 7) is 2.55. The summed E-state index contributed by atoms with van der Waals surface area (Å²) in [5.74, 6) is 1.93. The van der Waals surface area contributed by atoms with Crippen molar-refractivity contribution in [3.8, 4) is 0 Å². The second-order valence-corrected chi connectivity index (χ2v) is 8.94. The number of nitrogens with zero attached hydrogens (tertiary/aromatic N) is 2. The highest BCUT2D eigenvalue weighted by atomic mass is 16.5. The van der Waals surface area contributed by atoms with Crippen LogP contribution in [0.5, 0.6) is 0 Å². The molecular weight excluding hydrogens is 376 g/mol. The Bertz CT molecular complexity index is 1080. The average molecular weight is 402 g/mol. The second kappa shape index (κ2) is 6.84. The van der Waals surface area contributed by atoms with E-state index in [1.807, 2.05) is 42.7 Å². The van der Waals surface area contributed by atoms with Crippen LogP contribution in [0.25, 0.3) is 10.9 Å². The Kier molecular flexibility index (Phi) is 4.09. The number of hydrogen-bond donors (Lipinski definition) is 2. The van der Waals surface area contributed by atoms with E-state index >= 15 is 0 Å². The molecule has 0 saturated carbocycles. The minimum absolute atomic E-state index is 0.0611. The molecule has 1 aromatic carbocycles. The number of benzene rings is 1. The molecule has 3 aliphatic rings. The topological polar surface area (TPSA) is 70.2 Å². The van der Waals surface area contributed by atoms with Gasteiger partial charge in [-0.15, -0.1) is 0 Å². The van der Waals surface area contributed by atoms with E-state index in [0.29, 0.717) is 24.8 Å². The first kappa shape index (κ1) is 18.0. The Labute approximate surface area is 175 Å². The fourth-order valence-corrected chi connectivity index (χ4v) is 5.92. The van der Waals surface area contributed by atoms with Crippen LogP contribution in [-0.4, -0.2) is 47.2 Å². The number of anilines is 1. The number of fused-ring (bicyclic) bond motifs is 2. The van der Waals surface area contributed by atoms with E-state index in [-0.39, 0.29) is 17.6 Å². The van der Waals surface area contributed by atoms with Crippen LogP contribution in [0.15, 0.2) is 54.9 Å². The van der Waals surface area contributed by atoms with Crippen molar-refractivity contribution in [3.05, 3.63) is 60.4 Å². The number of carbonyl (C=O) groups excluding carboxylic acids is 1. The third kappa shape index (κ3) is 2.82. The molecule has 5 heterocycles. The summed E-state index contributed by atoms with van der Waals surface area (Å²) < 4.78 is 6.52. The summed E-state index contributed by atoms with van der Waals surface area (Å²) in [5, 5.41) is 4.33. The van der Waals surface area contributed by atoms with Crippen molar-refractivity contribution in [1.82, 2.24) is 15.3 Å². The number of pyridine rings is 1. The van der Waals surface area contributed by atoms with Crippen molar-refractivity contribution < 1.29 is 9.53 Å². The number of hydrogen-bond acceptors (Lipinski definition) is 4. The third-order valence-corrected chi connectivity index (χ3v) is 7.32. The zero-order valence-corrected chi connectivity index (χ0v) is 16.9. The number of carbonyl (C=O) groups is 1. The van der Waals surface area contributed by atoms with E-state index in [2.05, 4.69) is 32.3 Å². The molecule has 3 fully saturated rings. The van der Waals surface area contributed by atoms with Crippen molar-refractivity contribution in [2.75, 3.05) is 24.5 Å². The third-order valence-electron chi connectivity index (χ3n) is 7.32. The normalized spacial score (nSPS) is 29.5. The number of H-pyrrole nitrogens is 1. The lowest BCUT2D eigenvalue weighted by molar-refractivity contribution is -0.120. The van der Waals surface area contributed by atoms with Gasteiger partial charge in [-0.25, -0.2) is 4.98 Å². The van der Waals surface area contributed by atoms with Gasteiger partial charge in [0.1, 0.15) is 5.82 Å².